The number of nitriles is 1. The number of nitrogens with zero attached hydrogens (tertiary/aromatic N) is 5. The molecule has 0 aliphatic carbocycles. The van der Waals surface area contributed by atoms with Gasteiger partial charge in [-0.15, -0.1) is 0 Å². The molecule has 1 saturated heterocycles. The molecule has 2 aromatic heterocycles. The molecular formula is C25H29N7O4. The van der Waals surface area contributed by atoms with Gasteiger partial charge in [-0.25, -0.2) is 14.8 Å². The standard InChI is InChI=1S/C25H29N7O4/c1-25(2,3)36-24(33)32-9-7-17(8-10-32)35-18-5-6-19(21(11-18)34-4)20-12-22(31-30-20)29-23-15-27-16(13-26)14-28-23/h5-6,11-12,14-15,17H,7-10H2,1-4H3,(H2,28,29,30,31). The fraction of sp³-hybridized carbons (Fsp3) is 0.400. The van der Waals surface area contributed by atoms with Crippen molar-refractivity contribution in [3.8, 4) is 28.8 Å². The molecule has 0 radical (unpaired) electrons. The molecule has 0 unspecified atom stereocenters. The van der Waals surface area contributed by atoms with E-state index in [9.17, 15) is 4.79 Å². The lowest BCUT2D eigenvalue weighted by atomic mass is 10.1. The highest BCUT2D eigenvalue weighted by atomic mass is 16.6. The number of methoxy groups -OCH3 is 1. The summed E-state index contributed by atoms with van der Waals surface area (Å²) in [5.74, 6) is 2.34. The third kappa shape index (κ3) is 6.21. The van der Waals surface area contributed by atoms with E-state index in [1.165, 1.54) is 12.4 Å². The Morgan fingerprint density at radius 3 is 2.58 bits per heavy atom. The molecule has 0 atom stereocenters. The Hall–Kier alpha value is -4.33. The second kappa shape index (κ2) is 10.5. The first-order valence-corrected chi connectivity index (χ1v) is 11.6. The minimum absolute atomic E-state index is 0.00395. The number of rotatable bonds is 6. The van der Waals surface area contributed by atoms with Gasteiger partial charge in [-0.05, 0) is 32.9 Å². The van der Waals surface area contributed by atoms with Gasteiger partial charge in [0.25, 0.3) is 0 Å². The minimum atomic E-state index is -0.508. The number of nitrogens with one attached hydrogen (secondary N) is 2. The molecule has 2 N–H and O–H groups in total. The lowest BCUT2D eigenvalue weighted by molar-refractivity contribution is 0.0126. The summed E-state index contributed by atoms with van der Waals surface area (Å²) >= 11 is 0. The van der Waals surface area contributed by atoms with Crippen molar-refractivity contribution in [2.75, 3.05) is 25.5 Å². The number of amides is 1. The minimum Gasteiger partial charge on any atom is -0.496 e. The highest BCUT2D eigenvalue weighted by molar-refractivity contribution is 5.71. The fourth-order valence-corrected chi connectivity index (χ4v) is 3.75. The van der Waals surface area contributed by atoms with Gasteiger partial charge in [-0.1, -0.05) is 0 Å². The Bertz CT molecular complexity index is 1240. The summed E-state index contributed by atoms with van der Waals surface area (Å²) in [7, 11) is 1.60. The van der Waals surface area contributed by atoms with Crippen LogP contribution in [0.3, 0.4) is 0 Å². The maximum absolute atomic E-state index is 12.3. The molecule has 1 amide bonds. The number of hydrogen-bond acceptors (Lipinski definition) is 9. The van der Waals surface area contributed by atoms with Crippen molar-refractivity contribution < 1.29 is 19.0 Å². The Kier molecular flexibility index (Phi) is 7.24. The number of benzene rings is 1. The Labute approximate surface area is 209 Å². The van der Waals surface area contributed by atoms with Gasteiger partial charge in [0.2, 0.25) is 0 Å². The highest BCUT2D eigenvalue weighted by Gasteiger charge is 2.27. The predicted molar refractivity (Wildman–Crippen MR) is 132 cm³/mol. The molecule has 3 heterocycles. The second-order valence-corrected chi connectivity index (χ2v) is 9.34. The highest BCUT2D eigenvalue weighted by Crippen LogP contribution is 2.34. The fourth-order valence-electron chi connectivity index (χ4n) is 3.75. The molecule has 3 aromatic rings. The number of piperidine rings is 1. The number of aromatic nitrogens is 4. The van der Waals surface area contributed by atoms with Crippen LogP contribution < -0.4 is 14.8 Å². The van der Waals surface area contributed by atoms with Gasteiger partial charge in [0.15, 0.2) is 11.5 Å². The molecule has 11 heteroatoms. The Morgan fingerprint density at radius 2 is 1.94 bits per heavy atom. The van der Waals surface area contributed by atoms with Crippen LogP contribution in [0.4, 0.5) is 16.4 Å². The van der Waals surface area contributed by atoms with Crippen molar-refractivity contribution in [2.24, 2.45) is 0 Å². The molecular weight excluding hydrogens is 462 g/mol. The van der Waals surface area contributed by atoms with E-state index < -0.39 is 5.60 Å². The predicted octanol–water partition coefficient (Wildman–Crippen LogP) is 4.27. The van der Waals surface area contributed by atoms with Crippen molar-refractivity contribution in [1.82, 2.24) is 25.1 Å². The van der Waals surface area contributed by atoms with Crippen LogP contribution in [0.1, 0.15) is 39.3 Å². The van der Waals surface area contributed by atoms with Gasteiger partial charge in [0.05, 0.1) is 25.2 Å². The number of carbonyl (C=O) groups excluding carboxylic acids is 1. The van der Waals surface area contributed by atoms with Crippen molar-refractivity contribution in [3.63, 3.8) is 0 Å². The van der Waals surface area contributed by atoms with Gasteiger partial charge in [-0.3, -0.25) is 5.10 Å². The summed E-state index contributed by atoms with van der Waals surface area (Å²) in [4.78, 5) is 22.1. The first-order chi connectivity index (χ1) is 17.2. The van der Waals surface area contributed by atoms with E-state index in [-0.39, 0.29) is 17.9 Å². The molecule has 0 saturated carbocycles. The SMILES string of the molecule is COc1cc(OC2CCN(C(=O)OC(C)(C)C)CC2)ccc1-c1cc(Nc2cnc(C#N)cn2)n[nH]1. The zero-order valence-electron chi connectivity index (χ0n) is 20.7. The summed E-state index contributed by atoms with van der Waals surface area (Å²) in [6.45, 7) is 6.76. The number of H-pyrrole nitrogens is 1. The van der Waals surface area contributed by atoms with Gasteiger partial charge >= 0.3 is 6.09 Å². The maximum atomic E-state index is 12.3. The van der Waals surface area contributed by atoms with Gasteiger partial charge in [0, 0.05) is 43.6 Å². The number of anilines is 2. The van der Waals surface area contributed by atoms with Crippen molar-refractivity contribution in [2.45, 2.75) is 45.3 Å². The second-order valence-electron chi connectivity index (χ2n) is 9.34. The number of carbonyl (C=O) groups is 1. The van der Waals surface area contributed by atoms with Crippen LogP contribution in [-0.2, 0) is 4.74 Å². The first kappa shape index (κ1) is 24.8. The van der Waals surface area contributed by atoms with E-state index in [1.807, 2.05) is 51.1 Å². The largest absolute Gasteiger partial charge is 0.496 e. The smallest absolute Gasteiger partial charge is 0.410 e. The molecule has 0 bridgehead atoms. The molecule has 188 valence electrons. The van der Waals surface area contributed by atoms with Gasteiger partial charge in [-0.2, -0.15) is 10.4 Å². The van der Waals surface area contributed by atoms with Crippen LogP contribution in [-0.4, -0.2) is 63.1 Å². The first-order valence-electron chi connectivity index (χ1n) is 11.6. The van der Waals surface area contributed by atoms with Crippen LogP contribution in [0.15, 0.2) is 36.7 Å². The lowest BCUT2D eigenvalue weighted by Gasteiger charge is -2.33. The van der Waals surface area contributed by atoms with Crippen molar-refractivity contribution >= 4 is 17.7 Å². The summed E-state index contributed by atoms with van der Waals surface area (Å²) in [5, 5.41) is 19.1. The summed E-state index contributed by atoms with van der Waals surface area (Å²) in [5.41, 5.74) is 1.29. The molecule has 1 aliphatic rings. The van der Waals surface area contributed by atoms with E-state index in [2.05, 4.69) is 25.5 Å². The normalized spacial score (nSPS) is 14.1. The third-order valence-electron chi connectivity index (χ3n) is 5.46. The quantitative estimate of drug-likeness (QED) is 0.517. The van der Waals surface area contributed by atoms with Gasteiger partial charge in [0.1, 0.15) is 35.1 Å². The van der Waals surface area contributed by atoms with E-state index in [0.29, 0.717) is 36.2 Å². The zero-order valence-corrected chi connectivity index (χ0v) is 20.7. The van der Waals surface area contributed by atoms with Crippen LogP contribution in [0.2, 0.25) is 0 Å². The molecule has 1 aliphatic heterocycles. The number of ether oxygens (including phenoxy) is 3. The monoisotopic (exact) mass is 491 g/mol. The van der Waals surface area contributed by atoms with E-state index in [1.54, 1.807) is 12.0 Å². The maximum Gasteiger partial charge on any atom is 0.410 e. The number of likely N-dealkylation sites (tertiary alicyclic amines) is 1. The van der Waals surface area contributed by atoms with Crippen molar-refractivity contribution in [3.05, 3.63) is 42.4 Å². The van der Waals surface area contributed by atoms with E-state index in [4.69, 9.17) is 19.5 Å². The number of aromatic amines is 1. The molecule has 4 rings (SSSR count). The van der Waals surface area contributed by atoms with Crippen LogP contribution in [0.25, 0.3) is 11.3 Å². The van der Waals surface area contributed by atoms with Gasteiger partial charge < -0.3 is 24.4 Å². The van der Waals surface area contributed by atoms with E-state index >= 15 is 0 Å². The van der Waals surface area contributed by atoms with E-state index in [0.717, 1.165) is 24.1 Å². The van der Waals surface area contributed by atoms with Crippen LogP contribution >= 0.6 is 0 Å². The molecule has 36 heavy (non-hydrogen) atoms. The average Bonchev–Trinajstić information content (AvgIpc) is 3.32. The molecule has 11 nitrogen and oxygen atoms in total. The third-order valence-corrected chi connectivity index (χ3v) is 5.46. The number of hydrogen-bond donors (Lipinski definition) is 2. The average molecular weight is 492 g/mol. The zero-order chi connectivity index (χ0) is 25.7. The molecule has 0 spiro atoms. The lowest BCUT2D eigenvalue weighted by Crippen LogP contribution is -2.44. The Balaban J connectivity index is 1.37. The van der Waals surface area contributed by atoms with Crippen LogP contribution in [0, 0.1) is 11.3 Å². The molecule has 1 fully saturated rings. The molecule has 1 aromatic carbocycles. The van der Waals surface area contributed by atoms with Crippen LogP contribution in [0.5, 0.6) is 11.5 Å². The van der Waals surface area contributed by atoms with Crippen molar-refractivity contribution in [1.29, 1.82) is 5.26 Å². The summed E-state index contributed by atoms with van der Waals surface area (Å²) in [6, 6.07) is 9.39. The summed E-state index contributed by atoms with van der Waals surface area (Å²) in [6.07, 6.45) is 4.01. The Morgan fingerprint density at radius 1 is 1.17 bits per heavy atom. The topological polar surface area (TPSA) is 138 Å². The summed E-state index contributed by atoms with van der Waals surface area (Å²) < 4.78 is 17.3.